The van der Waals surface area contributed by atoms with E-state index in [1.165, 1.54) is 119 Å². The molecule has 8 aromatic carbocycles. The lowest BCUT2D eigenvalue weighted by Gasteiger charge is -2.33. The zero-order chi connectivity index (χ0) is 39.8. The monoisotopic (exact) mass is 789 g/mol. The minimum atomic E-state index is 0.608. The fraction of sp³-hybridized carbons (Fsp3) is 0.138. The average Bonchev–Trinajstić information content (AvgIpc) is 3.72. The largest absolute Gasteiger partial charge is 0.309 e. The van der Waals surface area contributed by atoms with E-state index in [1.807, 2.05) is 11.3 Å². The third kappa shape index (κ3) is 6.57. The number of hydrogen-bond donors (Lipinski definition) is 0. The summed E-state index contributed by atoms with van der Waals surface area (Å²) in [5, 5.41) is 5.51. The Labute approximate surface area is 357 Å². The van der Waals surface area contributed by atoms with Gasteiger partial charge in [0.1, 0.15) is 0 Å². The van der Waals surface area contributed by atoms with E-state index in [0.29, 0.717) is 5.92 Å². The fourth-order valence-electron chi connectivity index (χ4n) is 10.2. The first kappa shape index (κ1) is 36.6. The van der Waals surface area contributed by atoms with E-state index >= 15 is 0 Å². The second kappa shape index (κ2) is 15.9. The molecule has 290 valence electrons. The molecule has 0 radical (unpaired) electrons. The van der Waals surface area contributed by atoms with Gasteiger partial charge in [-0.15, -0.1) is 11.3 Å². The Morgan fingerprint density at radius 2 is 1.08 bits per heavy atom. The van der Waals surface area contributed by atoms with E-state index in [4.69, 9.17) is 0 Å². The topological polar surface area (TPSA) is 3.24 Å². The Balaban J connectivity index is 1.22. The van der Waals surface area contributed by atoms with Gasteiger partial charge in [0.25, 0.3) is 0 Å². The van der Waals surface area contributed by atoms with E-state index in [1.54, 1.807) is 5.56 Å². The Morgan fingerprint density at radius 1 is 0.450 bits per heavy atom. The van der Waals surface area contributed by atoms with E-state index in [0.717, 1.165) is 18.5 Å². The van der Waals surface area contributed by atoms with Gasteiger partial charge >= 0.3 is 0 Å². The highest BCUT2D eigenvalue weighted by Gasteiger charge is 2.27. The summed E-state index contributed by atoms with van der Waals surface area (Å²) in [7, 11) is 0. The number of hydrogen-bond acceptors (Lipinski definition) is 2. The van der Waals surface area contributed by atoms with Gasteiger partial charge in [-0.2, -0.15) is 0 Å². The molecule has 9 aromatic rings. The average molecular weight is 790 g/mol. The SMILES string of the molecule is C1=c2cccc(C3CCCCC3)c2=C(c2ccccc2N(c2ccc(-c3ccccc3)cc2-c2ccccc2)c2ccccc2-c2cccc3c2sc2ccccc23)CC1. The van der Waals surface area contributed by atoms with Gasteiger partial charge in [-0.3, -0.25) is 0 Å². The number of thiophene rings is 1. The summed E-state index contributed by atoms with van der Waals surface area (Å²) in [5.74, 6) is 0.608. The molecule has 0 spiro atoms. The molecule has 2 aliphatic carbocycles. The van der Waals surface area contributed by atoms with Crippen LogP contribution in [-0.4, -0.2) is 0 Å². The van der Waals surface area contributed by atoms with Crippen LogP contribution in [0.25, 0.3) is 65.2 Å². The zero-order valence-corrected chi connectivity index (χ0v) is 34.7. The van der Waals surface area contributed by atoms with Crippen LogP contribution in [0, 0.1) is 0 Å². The van der Waals surface area contributed by atoms with Crippen LogP contribution in [0.2, 0.25) is 0 Å². The maximum atomic E-state index is 2.60. The zero-order valence-electron chi connectivity index (χ0n) is 33.9. The Kier molecular flexibility index (Phi) is 9.72. The van der Waals surface area contributed by atoms with Crippen molar-refractivity contribution in [3.8, 4) is 33.4 Å². The lowest BCUT2D eigenvalue weighted by atomic mass is 9.80. The van der Waals surface area contributed by atoms with E-state index in [9.17, 15) is 0 Å². The molecule has 0 saturated heterocycles. The van der Waals surface area contributed by atoms with Crippen molar-refractivity contribution >= 4 is 60.2 Å². The van der Waals surface area contributed by atoms with Gasteiger partial charge in [0.2, 0.25) is 0 Å². The van der Waals surface area contributed by atoms with Gasteiger partial charge in [-0.25, -0.2) is 0 Å². The predicted octanol–water partition coefficient (Wildman–Crippen LogP) is 15.3. The number of benzene rings is 8. The third-order valence-corrected chi connectivity index (χ3v) is 14.2. The van der Waals surface area contributed by atoms with Crippen LogP contribution in [0.5, 0.6) is 0 Å². The highest BCUT2D eigenvalue weighted by atomic mass is 32.1. The lowest BCUT2D eigenvalue weighted by Crippen LogP contribution is -2.35. The van der Waals surface area contributed by atoms with Crippen LogP contribution in [0.15, 0.2) is 188 Å². The standard InChI is InChI=1S/C58H47NS/c1-4-19-40(20-5-1)44-37-38-55(52(39-44)42-23-8-3-9-24-42)59(54-35-14-11-28-47(54)50-32-18-33-51-48-29-12-15-36-56(48)60-58(50)51)53-34-13-10-27-46(53)49-31-17-26-43-25-16-30-45(57(43)49)41-21-6-2-7-22-41/h1,3-5,8-16,18-20,23-30,32-39,41H,2,6-7,17,21-22,31H2. The first-order valence-electron chi connectivity index (χ1n) is 21.8. The maximum absolute atomic E-state index is 2.60. The first-order chi connectivity index (χ1) is 29.8. The van der Waals surface area contributed by atoms with Crippen molar-refractivity contribution in [2.75, 3.05) is 4.90 Å². The molecule has 0 aliphatic heterocycles. The Morgan fingerprint density at radius 3 is 1.90 bits per heavy atom. The number of para-hydroxylation sites is 2. The molecule has 0 N–H and O–H groups in total. The van der Waals surface area contributed by atoms with Gasteiger partial charge in [0, 0.05) is 42.4 Å². The van der Waals surface area contributed by atoms with Crippen molar-refractivity contribution in [3.63, 3.8) is 0 Å². The molecule has 1 nitrogen and oxygen atoms in total. The number of fused-ring (bicyclic) bond motifs is 4. The van der Waals surface area contributed by atoms with E-state index < -0.39 is 0 Å². The van der Waals surface area contributed by atoms with Gasteiger partial charge in [-0.1, -0.05) is 183 Å². The minimum Gasteiger partial charge on any atom is -0.309 e. The summed E-state index contributed by atoms with van der Waals surface area (Å²) in [4.78, 5) is 2.60. The molecule has 1 aromatic heterocycles. The normalized spacial score (nSPS) is 14.2. The lowest BCUT2D eigenvalue weighted by molar-refractivity contribution is 0.442. The van der Waals surface area contributed by atoms with Gasteiger partial charge in [-0.05, 0) is 100 Å². The molecule has 11 rings (SSSR count). The molecule has 0 atom stereocenters. The maximum Gasteiger partial charge on any atom is 0.0541 e. The number of rotatable bonds is 8. The summed E-state index contributed by atoms with van der Waals surface area (Å²) >= 11 is 1.90. The van der Waals surface area contributed by atoms with Gasteiger partial charge in [0.15, 0.2) is 0 Å². The van der Waals surface area contributed by atoms with Crippen molar-refractivity contribution in [1.82, 2.24) is 0 Å². The van der Waals surface area contributed by atoms with Crippen molar-refractivity contribution in [2.45, 2.75) is 50.9 Å². The molecular formula is C58H47NS. The van der Waals surface area contributed by atoms with Crippen LogP contribution >= 0.6 is 11.3 Å². The Bertz CT molecular complexity index is 3130. The Hall–Kier alpha value is -6.48. The van der Waals surface area contributed by atoms with Crippen molar-refractivity contribution in [1.29, 1.82) is 0 Å². The molecule has 1 saturated carbocycles. The minimum absolute atomic E-state index is 0.608. The van der Waals surface area contributed by atoms with E-state index in [-0.39, 0.29) is 0 Å². The second-order valence-electron chi connectivity index (χ2n) is 16.5. The first-order valence-corrected chi connectivity index (χ1v) is 22.6. The van der Waals surface area contributed by atoms with Crippen LogP contribution < -0.4 is 15.3 Å². The van der Waals surface area contributed by atoms with Crippen molar-refractivity contribution < 1.29 is 0 Å². The van der Waals surface area contributed by atoms with E-state index in [2.05, 4.69) is 199 Å². The van der Waals surface area contributed by atoms with Crippen LogP contribution in [0.4, 0.5) is 17.1 Å². The molecule has 0 amide bonds. The predicted molar refractivity (Wildman–Crippen MR) is 258 cm³/mol. The molecule has 0 bridgehead atoms. The molecule has 2 aliphatic rings. The van der Waals surface area contributed by atoms with Crippen LogP contribution in [-0.2, 0) is 0 Å². The second-order valence-corrected chi connectivity index (χ2v) is 17.5. The smallest absolute Gasteiger partial charge is 0.0541 e. The summed E-state index contributed by atoms with van der Waals surface area (Å²) in [6, 6.07) is 70.1. The van der Waals surface area contributed by atoms with Crippen LogP contribution in [0.1, 0.15) is 62.0 Å². The molecule has 0 unspecified atom stereocenters. The van der Waals surface area contributed by atoms with Crippen molar-refractivity contribution in [2.24, 2.45) is 0 Å². The summed E-state index contributed by atoms with van der Waals surface area (Å²) < 4.78 is 2.64. The van der Waals surface area contributed by atoms with Crippen LogP contribution in [0.3, 0.4) is 0 Å². The van der Waals surface area contributed by atoms with Crippen molar-refractivity contribution in [3.05, 3.63) is 210 Å². The highest BCUT2D eigenvalue weighted by molar-refractivity contribution is 7.26. The molecular weight excluding hydrogens is 743 g/mol. The number of nitrogens with zero attached hydrogens (tertiary/aromatic N) is 1. The highest BCUT2D eigenvalue weighted by Crippen LogP contribution is 2.50. The summed E-state index contributed by atoms with van der Waals surface area (Å²) in [5.41, 5.74) is 15.2. The molecule has 1 fully saturated rings. The van der Waals surface area contributed by atoms with Gasteiger partial charge < -0.3 is 4.90 Å². The third-order valence-electron chi connectivity index (χ3n) is 13.0. The number of anilines is 3. The van der Waals surface area contributed by atoms with Gasteiger partial charge in [0.05, 0.1) is 17.1 Å². The fourth-order valence-corrected chi connectivity index (χ4v) is 11.4. The summed E-state index contributed by atoms with van der Waals surface area (Å²) in [6.45, 7) is 0. The molecule has 1 heterocycles. The summed E-state index contributed by atoms with van der Waals surface area (Å²) in [6.07, 6.45) is 11.1. The quantitative estimate of drug-likeness (QED) is 0.148. The molecule has 60 heavy (non-hydrogen) atoms. The molecule has 2 heteroatoms.